The topological polar surface area (TPSA) is 55.6 Å². The summed E-state index contributed by atoms with van der Waals surface area (Å²) in [5, 5.41) is 0. The highest BCUT2D eigenvalue weighted by Crippen LogP contribution is 2.37. The Hall–Kier alpha value is -1.92. The van der Waals surface area contributed by atoms with Gasteiger partial charge in [-0.15, -0.1) is 0 Å². The first-order chi connectivity index (χ1) is 11.4. The number of carbonyl (C=O) groups excluding carboxylic acids is 1. The highest BCUT2D eigenvalue weighted by molar-refractivity contribution is 5.68. The minimum absolute atomic E-state index is 0.0687. The van der Waals surface area contributed by atoms with Gasteiger partial charge in [0, 0.05) is 24.7 Å². The monoisotopic (exact) mass is 358 g/mol. The van der Waals surface area contributed by atoms with Crippen LogP contribution in [0.2, 0.25) is 0 Å². The zero-order valence-electron chi connectivity index (χ0n) is 15.0. The number of rotatable bonds is 1. The van der Waals surface area contributed by atoms with Gasteiger partial charge in [-0.05, 0) is 50.8 Å². The van der Waals surface area contributed by atoms with Gasteiger partial charge in [-0.3, -0.25) is 0 Å². The predicted molar refractivity (Wildman–Crippen MR) is 90.2 cm³/mol. The number of piperidine rings is 1. The van der Waals surface area contributed by atoms with Crippen molar-refractivity contribution < 1.29 is 22.7 Å². The number of nitrogens with two attached hydrogens (primary N) is 1. The van der Waals surface area contributed by atoms with Gasteiger partial charge in [-0.1, -0.05) is 13.0 Å². The Labute approximate surface area is 146 Å². The van der Waals surface area contributed by atoms with Crippen LogP contribution >= 0.6 is 0 Å². The van der Waals surface area contributed by atoms with Crippen molar-refractivity contribution in [1.29, 1.82) is 0 Å². The minimum Gasteiger partial charge on any atom is -0.444 e. The summed E-state index contributed by atoms with van der Waals surface area (Å²) >= 11 is 0. The van der Waals surface area contributed by atoms with Crippen LogP contribution < -0.4 is 5.73 Å². The fourth-order valence-corrected chi connectivity index (χ4v) is 3.16. The first-order valence-corrected chi connectivity index (χ1v) is 8.31. The molecule has 2 unspecified atom stereocenters. The van der Waals surface area contributed by atoms with E-state index in [4.69, 9.17) is 10.5 Å². The second kappa shape index (κ2) is 6.77. The number of nitrogen functional groups attached to an aromatic ring is 1. The lowest BCUT2D eigenvalue weighted by atomic mass is 9.85. The Morgan fingerprint density at radius 1 is 1.24 bits per heavy atom. The number of nitrogens with zero attached hydrogens (tertiary/aromatic N) is 1. The Morgan fingerprint density at radius 2 is 1.88 bits per heavy atom. The first-order valence-electron chi connectivity index (χ1n) is 8.31. The molecule has 7 heteroatoms. The maximum absolute atomic E-state index is 12.9. The Kier molecular flexibility index (Phi) is 5.25. The van der Waals surface area contributed by atoms with Gasteiger partial charge < -0.3 is 15.4 Å². The molecule has 2 rings (SSSR count). The summed E-state index contributed by atoms with van der Waals surface area (Å²) in [6.07, 6.45) is -4.08. The number of ether oxygens (including phenoxy) is 1. The molecule has 1 heterocycles. The van der Waals surface area contributed by atoms with E-state index in [2.05, 4.69) is 0 Å². The summed E-state index contributed by atoms with van der Waals surface area (Å²) in [7, 11) is 0. The van der Waals surface area contributed by atoms with Crippen molar-refractivity contribution in [2.24, 2.45) is 5.92 Å². The number of alkyl halides is 3. The number of hydrogen-bond donors (Lipinski definition) is 1. The summed E-state index contributed by atoms with van der Waals surface area (Å²) < 4.78 is 44.0. The Balaban J connectivity index is 2.19. The Morgan fingerprint density at radius 3 is 2.40 bits per heavy atom. The van der Waals surface area contributed by atoms with Gasteiger partial charge in [-0.2, -0.15) is 13.2 Å². The van der Waals surface area contributed by atoms with E-state index in [1.165, 1.54) is 12.1 Å². The molecule has 0 spiro atoms. The normalized spacial score (nSPS) is 22.0. The van der Waals surface area contributed by atoms with E-state index < -0.39 is 23.4 Å². The van der Waals surface area contributed by atoms with Crippen LogP contribution in [0.1, 0.15) is 51.2 Å². The molecule has 4 nitrogen and oxygen atoms in total. The molecule has 1 aliphatic rings. The zero-order valence-corrected chi connectivity index (χ0v) is 15.0. The van der Waals surface area contributed by atoms with E-state index in [9.17, 15) is 18.0 Å². The van der Waals surface area contributed by atoms with E-state index in [0.29, 0.717) is 18.7 Å². The molecule has 1 saturated heterocycles. The molecule has 140 valence electrons. The molecule has 25 heavy (non-hydrogen) atoms. The molecule has 0 bridgehead atoms. The number of carbonyl (C=O) groups is 1. The summed E-state index contributed by atoms with van der Waals surface area (Å²) in [5.41, 5.74) is 4.61. The van der Waals surface area contributed by atoms with Crippen LogP contribution in [0, 0.1) is 5.92 Å². The van der Waals surface area contributed by atoms with Gasteiger partial charge in [0.25, 0.3) is 0 Å². The van der Waals surface area contributed by atoms with Gasteiger partial charge in [0.2, 0.25) is 0 Å². The van der Waals surface area contributed by atoms with Gasteiger partial charge in [-0.25, -0.2) is 4.79 Å². The summed E-state index contributed by atoms with van der Waals surface area (Å²) in [5.74, 6) is 0.149. The highest BCUT2D eigenvalue weighted by atomic mass is 19.4. The molecule has 0 aliphatic carbocycles. The van der Waals surface area contributed by atoms with Crippen molar-refractivity contribution in [1.82, 2.24) is 4.90 Å². The third-order valence-corrected chi connectivity index (χ3v) is 4.16. The molecule has 1 aromatic carbocycles. The summed E-state index contributed by atoms with van der Waals surface area (Å²) in [6, 6.07) is 3.84. The molecule has 1 fully saturated rings. The molecule has 1 amide bonds. The lowest BCUT2D eigenvalue weighted by Crippen LogP contribution is -2.44. The van der Waals surface area contributed by atoms with E-state index in [1.54, 1.807) is 25.7 Å². The van der Waals surface area contributed by atoms with Gasteiger partial charge in [0.15, 0.2) is 0 Å². The number of likely N-dealkylation sites (tertiary alicyclic amines) is 1. The minimum atomic E-state index is -4.47. The zero-order chi connectivity index (χ0) is 19.0. The predicted octanol–water partition coefficient (Wildman–Crippen LogP) is 4.65. The van der Waals surface area contributed by atoms with Gasteiger partial charge in [0.1, 0.15) is 5.60 Å². The second-order valence-electron chi connectivity index (χ2n) is 7.77. The van der Waals surface area contributed by atoms with E-state index in [0.717, 1.165) is 12.5 Å². The molecule has 2 N–H and O–H groups in total. The molecule has 1 aromatic rings. The van der Waals surface area contributed by atoms with E-state index >= 15 is 0 Å². The lowest BCUT2D eigenvalue weighted by molar-refractivity contribution is -0.136. The smallest absolute Gasteiger partial charge is 0.418 e. The van der Waals surface area contributed by atoms with E-state index in [1.807, 2.05) is 6.92 Å². The average Bonchev–Trinajstić information content (AvgIpc) is 2.43. The average molecular weight is 358 g/mol. The molecule has 1 aliphatic heterocycles. The third-order valence-electron chi connectivity index (χ3n) is 4.16. The van der Waals surface area contributed by atoms with Crippen LogP contribution in [0.25, 0.3) is 0 Å². The van der Waals surface area contributed by atoms with Gasteiger partial charge >= 0.3 is 12.3 Å². The fraction of sp³-hybridized carbons (Fsp3) is 0.611. The largest absolute Gasteiger partial charge is 0.444 e. The number of hydrogen-bond acceptors (Lipinski definition) is 3. The van der Waals surface area contributed by atoms with Gasteiger partial charge in [0.05, 0.1) is 5.56 Å². The maximum atomic E-state index is 12.9. The van der Waals surface area contributed by atoms with Crippen molar-refractivity contribution in [2.45, 2.75) is 51.8 Å². The third kappa shape index (κ3) is 5.03. The van der Waals surface area contributed by atoms with Crippen molar-refractivity contribution in [2.75, 3.05) is 18.8 Å². The van der Waals surface area contributed by atoms with Crippen molar-refractivity contribution in [3.05, 3.63) is 29.3 Å². The standard InChI is InChI=1S/C18H25F3N2O2/c1-11-7-13(10-23(9-11)16(24)25-17(2,3)4)12-5-6-14(15(22)8-12)18(19,20)21/h5-6,8,11,13H,7,9-10,22H2,1-4H3. The number of benzene rings is 1. The molecule has 0 radical (unpaired) electrons. The highest BCUT2D eigenvalue weighted by Gasteiger charge is 2.35. The maximum Gasteiger partial charge on any atom is 0.418 e. The number of halogens is 3. The second-order valence-corrected chi connectivity index (χ2v) is 7.77. The molecule has 0 aromatic heterocycles. The molecule has 0 saturated carbocycles. The Bertz CT molecular complexity index is 638. The quantitative estimate of drug-likeness (QED) is 0.744. The van der Waals surface area contributed by atoms with Crippen molar-refractivity contribution in [3.8, 4) is 0 Å². The molecular formula is C18H25F3N2O2. The molecular weight excluding hydrogens is 333 g/mol. The fourth-order valence-electron chi connectivity index (χ4n) is 3.16. The first kappa shape index (κ1) is 19.4. The SMILES string of the molecule is CC1CC(c2ccc(C(F)(F)F)c(N)c2)CN(C(=O)OC(C)(C)C)C1. The molecule has 2 atom stereocenters. The summed E-state index contributed by atoms with van der Waals surface area (Å²) in [4.78, 5) is 13.9. The lowest BCUT2D eigenvalue weighted by Gasteiger charge is -2.37. The van der Waals surface area contributed by atoms with Crippen LogP contribution in [-0.4, -0.2) is 29.7 Å². The van der Waals surface area contributed by atoms with Crippen LogP contribution in [0.3, 0.4) is 0 Å². The van der Waals surface area contributed by atoms with Crippen LogP contribution in [0.4, 0.5) is 23.7 Å². The van der Waals surface area contributed by atoms with Crippen LogP contribution in [0.15, 0.2) is 18.2 Å². The number of amides is 1. The number of anilines is 1. The van der Waals surface area contributed by atoms with Crippen LogP contribution in [-0.2, 0) is 10.9 Å². The van der Waals surface area contributed by atoms with Crippen molar-refractivity contribution >= 4 is 11.8 Å². The van der Waals surface area contributed by atoms with E-state index in [-0.39, 0.29) is 17.5 Å². The van der Waals surface area contributed by atoms with Crippen molar-refractivity contribution in [3.63, 3.8) is 0 Å². The summed E-state index contributed by atoms with van der Waals surface area (Å²) in [6.45, 7) is 8.38. The van der Waals surface area contributed by atoms with Crippen LogP contribution in [0.5, 0.6) is 0 Å².